The number of hydrogen-bond acceptors (Lipinski definition) is 5. The fraction of sp³-hybridized carbons (Fsp3) is 0.867. The molecule has 2 saturated heterocycles. The van der Waals surface area contributed by atoms with Gasteiger partial charge in [0.25, 0.3) is 0 Å². The number of esters is 1. The van der Waals surface area contributed by atoms with Gasteiger partial charge < -0.3 is 19.7 Å². The Morgan fingerprint density at radius 1 is 1.43 bits per heavy atom. The Labute approximate surface area is 139 Å². The van der Waals surface area contributed by atoms with Crippen LogP contribution in [0, 0.1) is 5.41 Å². The molecule has 0 unspecified atom stereocenters. The van der Waals surface area contributed by atoms with Crippen molar-refractivity contribution >= 4 is 22.8 Å². The first kappa shape index (κ1) is 18.2. The van der Waals surface area contributed by atoms with E-state index in [1.165, 1.54) is 0 Å². The van der Waals surface area contributed by atoms with E-state index in [2.05, 4.69) is 5.32 Å². The lowest BCUT2D eigenvalue weighted by atomic mass is 9.80. The number of amides is 2. The molecule has 8 heteroatoms. The molecule has 3 atom stereocenters. The van der Waals surface area contributed by atoms with Crippen LogP contribution in [-0.2, 0) is 25.1 Å². The third-order valence-electron chi connectivity index (χ3n) is 4.40. The molecule has 2 heterocycles. The fourth-order valence-electron chi connectivity index (χ4n) is 3.25. The van der Waals surface area contributed by atoms with Crippen LogP contribution >= 0.6 is 0 Å². The van der Waals surface area contributed by atoms with Gasteiger partial charge in [-0.05, 0) is 26.2 Å². The van der Waals surface area contributed by atoms with Gasteiger partial charge in [0.15, 0.2) is 0 Å². The first-order chi connectivity index (χ1) is 11.0. The van der Waals surface area contributed by atoms with E-state index in [0.29, 0.717) is 37.6 Å². The molecule has 1 N–H and O–H groups in total. The smallest absolute Gasteiger partial charge is 0.317 e. The molecular formula is C15H26N2O5S. The lowest BCUT2D eigenvalue weighted by molar-refractivity contribution is -0.162. The van der Waals surface area contributed by atoms with Gasteiger partial charge in [-0.3, -0.25) is 9.00 Å². The molecule has 2 aliphatic rings. The summed E-state index contributed by atoms with van der Waals surface area (Å²) in [7, 11) is 0.719. The molecular weight excluding hydrogens is 320 g/mol. The quantitative estimate of drug-likeness (QED) is 0.733. The van der Waals surface area contributed by atoms with Crippen LogP contribution < -0.4 is 5.32 Å². The SMILES string of the molecule is CCOC(=O)[C@]1(COC)CCCN(C(=O)N[C@@H]2CC[S@](=O)C2)C1. The minimum atomic E-state index is -0.830. The van der Waals surface area contributed by atoms with Gasteiger partial charge in [0.2, 0.25) is 0 Å². The maximum Gasteiger partial charge on any atom is 0.317 e. The Morgan fingerprint density at radius 2 is 2.22 bits per heavy atom. The molecule has 132 valence electrons. The minimum absolute atomic E-state index is 0.0373. The number of piperidine rings is 1. The Kier molecular flexibility index (Phi) is 6.41. The van der Waals surface area contributed by atoms with E-state index in [1.807, 2.05) is 0 Å². The number of nitrogens with one attached hydrogen (secondary N) is 1. The number of likely N-dealkylation sites (tertiary alicyclic amines) is 1. The summed E-state index contributed by atoms with van der Waals surface area (Å²) in [5.41, 5.74) is -0.793. The lowest BCUT2D eigenvalue weighted by Crippen LogP contribution is -2.56. The minimum Gasteiger partial charge on any atom is -0.465 e. The van der Waals surface area contributed by atoms with Crippen LogP contribution in [0.25, 0.3) is 0 Å². The Bertz CT molecular complexity index is 469. The number of urea groups is 1. The summed E-state index contributed by atoms with van der Waals surface area (Å²) >= 11 is 0. The molecule has 0 saturated carbocycles. The summed E-state index contributed by atoms with van der Waals surface area (Å²) in [6.45, 7) is 3.22. The van der Waals surface area contributed by atoms with Crippen LogP contribution in [0.2, 0.25) is 0 Å². The average Bonchev–Trinajstić information content (AvgIpc) is 2.93. The number of rotatable bonds is 5. The Balaban J connectivity index is 2.00. The fourth-order valence-corrected chi connectivity index (χ4v) is 4.67. The summed E-state index contributed by atoms with van der Waals surface area (Å²) in [6.07, 6.45) is 2.12. The third-order valence-corrected chi connectivity index (χ3v) is 5.87. The van der Waals surface area contributed by atoms with E-state index in [0.717, 1.165) is 12.8 Å². The van der Waals surface area contributed by atoms with E-state index < -0.39 is 16.2 Å². The molecule has 0 spiro atoms. The van der Waals surface area contributed by atoms with Crippen LogP contribution in [0.15, 0.2) is 0 Å². The largest absolute Gasteiger partial charge is 0.465 e. The topological polar surface area (TPSA) is 84.9 Å². The maximum atomic E-state index is 12.5. The van der Waals surface area contributed by atoms with E-state index >= 15 is 0 Å². The summed E-state index contributed by atoms with van der Waals surface area (Å²) in [4.78, 5) is 26.5. The Hall–Kier alpha value is -1.15. The molecule has 2 aliphatic heterocycles. The summed E-state index contributed by atoms with van der Waals surface area (Å²) in [5, 5.41) is 2.93. The maximum absolute atomic E-state index is 12.5. The zero-order chi connectivity index (χ0) is 16.9. The zero-order valence-corrected chi connectivity index (χ0v) is 14.7. The summed E-state index contributed by atoms with van der Waals surface area (Å²) in [6, 6.07) is -0.233. The van der Waals surface area contributed by atoms with Crippen molar-refractivity contribution in [2.24, 2.45) is 5.41 Å². The molecule has 0 bridgehead atoms. The highest BCUT2D eigenvalue weighted by Crippen LogP contribution is 2.32. The molecule has 2 fully saturated rings. The van der Waals surface area contributed by atoms with Crippen molar-refractivity contribution in [3.63, 3.8) is 0 Å². The molecule has 23 heavy (non-hydrogen) atoms. The number of carbonyl (C=O) groups is 2. The predicted molar refractivity (Wildman–Crippen MR) is 86.6 cm³/mol. The second kappa shape index (κ2) is 8.10. The van der Waals surface area contributed by atoms with Gasteiger partial charge in [0.1, 0.15) is 5.41 Å². The molecule has 0 aromatic rings. The van der Waals surface area contributed by atoms with Crippen molar-refractivity contribution in [3.05, 3.63) is 0 Å². The van der Waals surface area contributed by atoms with Crippen LogP contribution in [0.5, 0.6) is 0 Å². The van der Waals surface area contributed by atoms with E-state index in [9.17, 15) is 13.8 Å². The molecule has 0 radical (unpaired) electrons. The second-order valence-corrected chi connectivity index (χ2v) is 7.83. The predicted octanol–water partition coefficient (Wildman–Crippen LogP) is 0.509. The van der Waals surface area contributed by atoms with E-state index in [4.69, 9.17) is 9.47 Å². The van der Waals surface area contributed by atoms with Gasteiger partial charge in [0.05, 0.1) is 13.2 Å². The first-order valence-electron chi connectivity index (χ1n) is 8.07. The van der Waals surface area contributed by atoms with Gasteiger partial charge in [-0.2, -0.15) is 0 Å². The van der Waals surface area contributed by atoms with Crippen LogP contribution in [0.1, 0.15) is 26.2 Å². The highest BCUT2D eigenvalue weighted by atomic mass is 32.2. The number of carbonyl (C=O) groups excluding carboxylic acids is 2. The van der Waals surface area contributed by atoms with Crippen molar-refractivity contribution < 1.29 is 23.3 Å². The highest BCUT2D eigenvalue weighted by Gasteiger charge is 2.45. The average molecular weight is 346 g/mol. The number of hydrogen-bond donors (Lipinski definition) is 1. The van der Waals surface area contributed by atoms with Crippen molar-refractivity contribution in [3.8, 4) is 0 Å². The molecule has 0 aliphatic carbocycles. The molecule has 2 rings (SSSR count). The normalized spacial score (nSPS) is 31.0. The van der Waals surface area contributed by atoms with Gasteiger partial charge >= 0.3 is 12.0 Å². The number of nitrogens with zero attached hydrogens (tertiary/aromatic N) is 1. The Morgan fingerprint density at radius 3 is 2.83 bits per heavy atom. The zero-order valence-electron chi connectivity index (χ0n) is 13.8. The van der Waals surface area contributed by atoms with Gasteiger partial charge in [-0.1, -0.05) is 0 Å². The van der Waals surface area contributed by atoms with Crippen molar-refractivity contribution in [2.75, 3.05) is 44.9 Å². The van der Waals surface area contributed by atoms with E-state index in [-0.39, 0.29) is 24.6 Å². The van der Waals surface area contributed by atoms with Crippen molar-refractivity contribution in [2.45, 2.75) is 32.2 Å². The third kappa shape index (κ3) is 4.44. The van der Waals surface area contributed by atoms with Crippen LogP contribution in [0.4, 0.5) is 4.79 Å². The molecule has 7 nitrogen and oxygen atoms in total. The molecule has 2 amide bonds. The summed E-state index contributed by atoms with van der Waals surface area (Å²) in [5.74, 6) is 0.850. The molecule has 0 aromatic heterocycles. The van der Waals surface area contributed by atoms with Crippen molar-refractivity contribution in [1.82, 2.24) is 10.2 Å². The van der Waals surface area contributed by atoms with Crippen molar-refractivity contribution in [1.29, 1.82) is 0 Å². The molecule has 0 aromatic carbocycles. The van der Waals surface area contributed by atoms with Crippen LogP contribution in [-0.4, -0.2) is 72.1 Å². The monoisotopic (exact) mass is 346 g/mol. The number of ether oxygens (including phenoxy) is 2. The first-order valence-corrected chi connectivity index (χ1v) is 9.56. The standard InChI is InChI=1S/C15H26N2O5S/c1-3-22-13(18)15(11-21-2)6-4-7-17(10-15)14(19)16-12-5-8-23(20)9-12/h12H,3-11H2,1-2H3,(H,16,19)/t12-,15-,23+/m1/s1. The number of methoxy groups -OCH3 is 1. The van der Waals surface area contributed by atoms with Gasteiger partial charge in [-0.25, -0.2) is 4.79 Å². The van der Waals surface area contributed by atoms with Gasteiger partial charge in [-0.15, -0.1) is 0 Å². The lowest BCUT2D eigenvalue weighted by Gasteiger charge is -2.40. The van der Waals surface area contributed by atoms with Crippen LogP contribution in [0.3, 0.4) is 0 Å². The van der Waals surface area contributed by atoms with Gasteiger partial charge in [0, 0.05) is 48.5 Å². The highest BCUT2D eigenvalue weighted by molar-refractivity contribution is 7.85. The van der Waals surface area contributed by atoms with E-state index in [1.54, 1.807) is 18.9 Å². The second-order valence-electron chi connectivity index (χ2n) is 6.20. The summed E-state index contributed by atoms with van der Waals surface area (Å²) < 4.78 is 21.9.